The molecule has 0 rings (SSSR count). The predicted octanol–water partition coefficient (Wildman–Crippen LogP) is -2.59. The number of hydrogen-bond acceptors (Lipinski definition) is 9. The quantitative estimate of drug-likeness (QED) is 0.236. The topological polar surface area (TPSA) is 208 Å². The first-order chi connectivity index (χ1) is 15.6. The summed E-state index contributed by atoms with van der Waals surface area (Å²) in [6.07, 6.45) is -3.75. The van der Waals surface area contributed by atoms with Crippen molar-refractivity contribution >= 4 is 17.4 Å². The largest absolute Gasteiger partial charge is 3.00 e. The van der Waals surface area contributed by atoms with Crippen molar-refractivity contribution in [3.8, 4) is 0 Å². The molecule has 12 heteroatoms. The molecule has 0 atom stereocenters. The van der Waals surface area contributed by atoms with Crippen LogP contribution in [0.4, 0.5) is 0 Å². The van der Waals surface area contributed by atoms with E-state index in [0.29, 0.717) is 0 Å². The van der Waals surface area contributed by atoms with Gasteiger partial charge >= 0.3 is 72.4 Å². The van der Waals surface area contributed by atoms with Crippen molar-refractivity contribution in [1.29, 1.82) is 0 Å². The molecule has 0 radical (unpaired) electrons. The molecule has 0 aliphatic carbocycles. The van der Waals surface area contributed by atoms with Gasteiger partial charge in [-0.15, -0.1) is 54.9 Å². The second-order valence-corrected chi connectivity index (χ2v) is 9.44. The van der Waals surface area contributed by atoms with Gasteiger partial charge in [-0.2, -0.15) is 0 Å². The Hall–Kier alpha value is 1.99. The first-order valence-electron chi connectivity index (χ1n) is 12.5. The van der Waals surface area contributed by atoms with E-state index in [1.165, 1.54) is 0 Å². The van der Waals surface area contributed by atoms with Crippen LogP contribution in [0.1, 0.15) is 125 Å². The van der Waals surface area contributed by atoms with Gasteiger partial charge in [-0.25, -0.2) is 0 Å². The summed E-state index contributed by atoms with van der Waals surface area (Å²) in [4.78, 5) is 0. The van der Waals surface area contributed by atoms with Gasteiger partial charge < -0.3 is 46.0 Å². The molecule has 0 spiro atoms. The molecule has 0 aromatic heterocycles. The zero-order valence-corrected chi connectivity index (χ0v) is 34.8. The molecule has 240 valence electrons. The second-order valence-electron chi connectivity index (χ2n) is 9.44. The number of hydrogen-bond donors (Lipinski definition) is 0. The summed E-state index contributed by atoms with van der Waals surface area (Å²) in [5.41, 5.74) is 0. The van der Waals surface area contributed by atoms with Crippen LogP contribution >= 0.6 is 0 Å². The van der Waals surface area contributed by atoms with E-state index in [1.807, 2.05) is 0 Å². The third kappa shape index (κ3) is 14600. The smallest absolute Gasteiger partial charge is 0.852 e. The van der Waals surface area contributed by atoms with Crippen LogP contribution in [0.5, 0.6) is 0 Å². The predicted molar refractivity (Wildman–Crippen MR) is 142 cm³/mol. The Labute approximate surface area is 295 Å². The van der Waals surface area contributed by atoms with Gasteiger partial charge in [0.15, 0.2) is 0 Å². The van der Waals surface area contributed by atoms with Gasteiger partial charge in [0.2, 0.25) is 0 Å². The van der Waals surface area contributed by atoms with Gasteiger partial charge in [-0.1, -0.05) is 125 Å². The summed E-state index contributed by atoms with van der Waals surface area (Å²) >= 11 is 0. The minimum atomic E-state index is -0.417. The molecule has 0 N–H and O–H groups in total. The Balaban J connectivity index is -0.0000000208. The van der Waals surface area contributed by atoms with Crippen molar-refractivity contribution in [3.05, 3.63) is 0 Å². The Morgan fingerprint density at radius 1 is 0.231 bits per heavy atom. The van der Waals surface area contributed by atoms with Crippen molar-refractivity contribution < 1.29 is 101 Å². The molecule has 0 heterocycles. The minimum Gasteiger partial charge on any atom is -0.852 e. The first kappa shape index (κ1) is 78.0. The van der Waals surface area contributed by atoms with E-state index in [2.05, 4.69) is 0 Å². The van der Waals surface area contributed by atoms with Crippen molar-refractivity contribution in [1.82, 2.24) is 0 Å². The first-order valence-corrected chi connectivity index (χ1v) is 12.5. The van der Waals surface area contributed by atoms with Crippen LogP contribution in [0.25, 0.3) is 0 Å². The van der Waals surface area contributed by atoms with E-state index in [0.717, 1.165) is 0 Å². The van der Waals surface area contributed by atoms with Crippen molar-refractivity contribution in [2.45, 2.75) is 180 Å². The molecule has 0 saturated carbocycles. The maximum Gasteiger partial charge on any atom is 3.00 e. The third-order valence-electron chi connectivity index (χ3n) is 0. The zero-order chi connectivity index (χ0) is 32.2. The molecule has 0 saturated heterocycles. The molecule has 9 nitrogen and oxygen atoms in total. The van der Waals surface area contributed by atoms with E-state index in [9.17, 15) is 46.0 Å². The van der Waals surface area contributed by atoms with Crippen LogP contribution in [-0.4, -0.2) is 72.3 Å². The summed E-state index contributed by atoms with van der Waals surface area (Å²) in [5.74, 6) is 0. The summed E-state index contributed by atoms with van der Waals surface area (Å²) in [6.45, 7) is 29.0. The van der Waals surface area contributed by atoms with E-state index >= 15 is 0 Å². The van der Waals surface area contributed by atoms with Gasteiger partial charge in [0.1, 0.15) is 0 Å². The standard InChI is InChI=1S/9C3H7O.Al.La.Rh/c9*1-3(2)4;;;/h9*3H,1-2H3;;;/q9*-1;3*+3. The molecular formula is C27H63AlLaO9Rh. The summed E-state index contributed by atoms with van der Waals surface area (Å²) in [5, 5.41) is 85.8. The molecular weight excluding hydrogens is 737 g/mol. The van der Waals surface area contributed by atoms with E-state index in [-0.39, 0.29) is 72.4 Å². The van der Waals surface area contributed by atoms with Gasteiger partial charge in [0, 0.05) is 0 Å². The van der Waals surface area contributed by atoms with Crippen LogP contribution in [0.3, 0.4) is 0 Å². The Morgan fingerprint density at radius 3 is 0.231 bits per heavy atom. The average Bonchev–Trinajstić information content (AvgIpc) is 2.39. The molecule has 0 aromatic rings. The maximum atomic E-state index is 9.53. The third-order valence-corrected chi connectivity index (χ3v) is 0. The Bertz CT molecular complexity index is 178. The summed E-state index contributed by atoms with van der Waals surface area (Å²) in [7, 11) is 0. The fraction of sp³-hybridized carbons (Fsp3) is 1.00. The molecule has 39 heavy (non-hydrogen) atoms. The van der Waals surface area contributed by atoms with Gasteiger partial charge in [-0.3, -0.25) is 0 Å². The summed E-state index contributed by atoms with van der Waals surface area (Å²) in [6, 6.07) is 0. The molecule has 0 aromatic carbocycles. The maximum absolute atomic E-state index is 9.53. The zero-order valence-electron chi connectivity index (χ0n) is 28.4. The van der Waals surface area contributed by atoms with Gasteiger partial charge in [0.05, 0.1) is 0 Å². The summed E-state index contributed by atoms with van der Waals surface area (Å²) < 4.78 is 0. The monoisotopic (exact) mass is 800 g/mol. The van der Waals surface area contributed by atoms with Crippen molar-refractivity contribution in [2.75, 3.05) is 0 Å². The molecule has 0 unspecified atom stereocenters. The van der Waals surface area contributed by atoms with Crippen LogP contribution in [0, 0.1) is 35.6 Å². The Kier molecular flexibility index (Phi) is 145. The van der Waals surface area contributed by atoms with Crippen molar-refractivity contribution in [3.63, 3.8) is 0 Å². The normalized spacial score (nSPS) is 8.31. The van der Waals surface area contributed by atoms with E-state index in [1.54, 1.807) is 125 Å². The average molecular weight is 801 g/mol. The van der Waals surface area contributed by atoms with Crippen LogP contribution in [0.15, 0.2) is 0 Å². The SMILES string of the molecule is CC(C)[O-].CC(C)[O-].CC(C)[O-].CC(C)[O-].CC(C)[O-].CC(C)[O-].CC(C)[O-].CC(C)[O-].CC(C)[O-].[Al+3].[La+3].[Rh+3]. The van der Waals surface area contributed by atoms with Gasteiger partial charge in [0.25, 0.3) is 0 Å². The number of rotatable bonds is 0. The van der Waals surface area contributed by atoms with Crippen molar-refractivity contribution in [2.24, 2.45) is 0 Å². The van der Waals surface area contributed by atoms with Crippen LogP contribution in [0.2, 0.25) is 0 Å². The van der Waals surface area contributed by atoms with E-state index < -0.39 is 54.9 Å². The molecule has 0 bridgehead atoms. The fourth-order valence-electron chi connectivity index (χ4n) is 0. The fourth-order valence-corrected chi connectivity index (χ4v) is 0. The Morgan fingerprint density at radius 2 is 0.231 bits per heavy atom. The minimum absolute atomic E-state index is 0. The molecule has 0 fully saturated rings. The van der Waals surface area contributed by atoms with Crippen LogP contribution in [-0.2, 0) is 19.5 Å². The second kappa shape index (κ2) is 72.3. The van der Waals surface area contributed by atoms with Gasteiger partial charge in [-0.05, 0) is 0 Å². The molecule has 0 amide bonds. The van der Waals surface area contributed by atoms with E-state index in [4.69, 9.17) is 0 Å². The van der Waals surface area contributed by atoms with Crippen LogP contribution < -0.4 is 46.0 Å². The molecule has 0 aliphatic heterocycles. The molecule has 0 aliphatic rings.